The number of carboxylic acids is 1. The minimum atomic E-state index is -5.06. The van der Waals surface area contributed by atoms with Crippen LogP contribution in [0.2, 0.25) is 0 Å². The summed E-state index contributed by atoms with van der Waals surface area (Å²) < 4.78 is 27.6. The summed E-state index contributed by atoms with van der Waals surface area (Å²) in [4.78, 5) is 11.4. The number of hydrogen-bond donors (Lipinski definition) is 2. The van der Waals surface area contributed by atoms with Gasteiger partial charge in [0.1, 0.15) is 0 Å². The van der Waals surface area contributed by atoms with Crippen LogP contribution in [0.4, 0.5) is 0 Å². The lowest BCUT2D eigenvalue weighted by Gasteiger charge is -2.29. The van der Waals surface area contributed by atoms with Gasteiger partial charge < -0.3 is 5.11 Å². The molecule has 0 aliphatic heterocycles. The summed E-state index contributed by atoms with van der Waals surface area (Å²) in [5, 5.41) is 9.26. The number of hydrogen-bond acceptors (Lipinski definition) is 3. The molecule has 0 aromatic heterocycles. The Morgan fingerprint density at radius 1 is 1.16 bits per heavy atom. The van der Waals surface area contributed by atoms with Gasteiger partial charge in [0.05, 0.1) is 0 Å². The molecule has 1 aromatic carbocycles. The SMILES string of the molecule is O=C(O)C(CC(Cl)(Cl)Cl)(c1ccccc1)S(=O)(=O)O. The van der Waals surface area contributed by atoms with E-state index in [1.807, 2.05) is 0 Å². The van der Waals surface area contributed by atoms with Crippen molar-refractivity contribution >= 4 is 50.9 Å². The van der Waals surface area contributed by atoms with Crippen molar-refractivity contribution < 1.29 is 22.9 Å². The molecule has 106 valence electrons. The van der Waals surface area contributed by atoms with Gasteiger partial charge in [0.2, 0.25) is 4.75 Å². The zero-order valence-corrected chi connectivity index (χ0v) is 12.3. The molecule has 0 saturated carbocycles. The normalized spacial score (nSPS) is 15.8. The van der Waals surface area contributed by atoms with Crippen LogP contribution in [0.5, 0.6) is 0 Å². The minimum absolute atomic E-state index is 0.198. The Bertz CT molecular complexity index is 567. The summed E-state index contributed by atoms with van der Waals surface area (Å²) in [5.41, 5.74) is -0.198. The van der Waals surface area contributed by atoms with Crippen molar-refractivity contribution in [1.82, 2.24) is 0 Å². The third-order valence-corrected chi connectivity index (χ3v) is 4.31. The molecular weight excluding hydrogens is 339 g/mol. The minimum Gasteiger partial charge on any atom is -0.480 e. The summed E-state index contributed by atoms with van der Waals surface area (Å²) >= 11 is 16.5. The average Bonchev–Trinajstić information content (AvgIpc) is 2.23. The standard InChI is InChI=1S/C10H9Cl3O5S/c11-10(12,13)6-9(8(14)15,19(16,17)18)7-4-2-1-3-5-7/h1-5H,6H2,(H,14,15)(H,16,17,18). The van der Waals surface area contributed by atoms with Crippen molar-refractivity contribution in [3.63, 3.8) is 0 Å². The molecule has 1 aromatic rings. The molecule has 1 unspecified atom stereocenters. The number of alkyl halides is 3. The fourth-order valence-electron chi connectivity index (χ4n) is 1.64. The molecule has 0 amide bonds. The first-order valence-electron chi connectivity index (χ1n) is 4.83. The molecule has 5 nitrogen and oxygen atoms in total. The third kappa shape index (κ3) is 3.52. The predicted molar refractivity (Wildman–Crippen MR) is 72.2 cm³/mol. The van der Waals surface area contributed by atoms with Crippen molar-refractivity contribution in [3.8, 4) is 0 Å². The zero-order valence-electron chi connectivity index (χ0n) is 9.26. The van der Waals surface area contributed by atoms with E-state index >= 15 is 0 Å². The summed E-state index contributed by atoms with van der Waals surface area (Å²) in [6.07, 6.45) is -0.928. The van der Waals surface area contributed by atoms with Crippen molar-refractivity contribution in [2.24, 2.45) is 0 Å². The summed E-state index contributed by atoms with van der Waals surface area (Å²) in [6.45, 7) is 0. The van der Waals surface area contributed by atoms with Crippen LogP contribution in [-0.4, -0.2) is 27.8 Å². The zero-order chi connectivity index (χ0) is 14.9. The molecule has 9 heteroatoms. The van der Waals surface area contributed by atoms with Gasteiger partial charge in [-0.3, -0.25) is 9.35 Å². The predicted octanol–water partition coefficient (Wildman–Crippen LogP) is 2.61. The quantitative estimate of drug-likeness (QED) is 0.645. The van der Waals surface area contributed by atoms with Gasteiger partial charge in [-0.1, -0.05) is 65.1 Å². The Labute approximate surface area is 124 Å². The lowest BCUT2D eigenvalue weighted by Crippen LogP contribution is -2.46. The van der Waals surface area contributed by atoms with E-state index in [0.717, 1.165) is 0 Å². The van der Waals surface area contributed by atoms with E-state index < -0.39 is 31.0 Å². The number of carboxylic acid groups (broad SMARTS) is 1. The molecule has 0 bridgehead atoms. The van der Waals surface area contributed by atoms with E-state index in [4.69, 9.17) is 34.8 Å². The number of aliphatic carboxylic acids is 1. The first-order valence-corrected chi connectivity index (χ1v) is 7.41. The van der Waals surface area contributed by atoms with E-state index in [0.29, 0.717) is 0 Å². The van der Waals surface area contributed by atoms with Crippen LogP contribution in [-0.2, 0) is 19.7 Å². The number of carbonyl (C=O) groups is 1. The first-order chi connectivity index (χ1) is 8.51. The molecule has 2 N–H and O–H groups in total. The van der Waals surface area contributed by atoms with Crippen LogP contribution in [0.3, 0.4) is 0 Å². The van der Waals surface area contributed by atoms with Crippen molar-refractivity contribution in [2.75, 3.05) is 0 Å². The molecule has 1 rings (SSSR count). The monoisotopic (exact) mass is 346 g/mol. The van der Waals surface area contributed by atoms with Gasteiger partial charge >= 0.3 is 5.97 Å². The Hall–Kier alpha value is -0.530. The maximum Gasteiger partial charge on any atom is 0.332 e. The molecule has 0 radical (unpaired) electrons. The average molecular weight is 348 g/mol. The second kappa shape index (κ2) is 5.46. The largest absolute Gasteiger partial charge is 0.480 e. The molecule has 0 fully saturated rings. The number of benzene rings is 1. The van der Waals surface area contributed by atoms with E-state index in [9.17, 15) is 22.9 Å². The molecule has 0 spiro atoms. The Balaban J connectivity index is 3.61. The van der Waals surface area contributed by atoms with Crippen molar-refractivity contribution in [1.29, 1.82) is 0 Å². The molecule has 0 heterocycles. The van der Waals surface area contributed by atoms with Crippen molar-refractivity contribution in [3.05, 3.63) is 35.9 Å². The third-order valence-electron chi connectivity index (χ3n) is 2.48. The van der Waals surface area contributed by atoms with Crippen LogP contribution >= 0.6 is 34.8 Å². The second-order valence-electron chi connectivity index (χ2n) is 3.77. The van der Waals surface area contributed by atoms with Gasteiger partial charge in [0.25, 0.3) is 10.1 Å². The van der Waals surface area contributed by atoms with Crippen LogP contribution in [0.1, 0.15) is 12.0 Å². The van der Waals surface area contributed by atoms with Crippen LogP contribution < -0.4 is 0 Å². The Morgan fingerprint density at radius 3 is 1.95 bits per heavy atom. The fourth-order valence-corrected chi connectivity index (χ4v) is 3.53. The van der Waals surface area contributed by atoms with Crippen LogP contribution in [0.15, 0.2) is 30.3 Å². The Kier molecular flexibility index (Phi) is 4.75. The maximum atomic E-state index is 11.6. The fraction of sp³-hybridized carbons (Fsp3) is 0.300. The second-order valence-corrected chi connectivity index (χ2v) is 7.93. The van der Waals surface area contributed by atoms with Gasteiger partial charge in [-0.15, -0.1) is 0 Å². The number of rotatable bonds is 4. The van der Waals surface area contributed by atoms with Crippen LogP contribution in [0, 0.1) is 0 Å². The highest BCUT2D eigenvalue weighted by atomic mass is 35.6. The van der Waals surface area contributed by atoms with E-state index in [1.54, 1.807) is 6.07 Å². The highest BCUT2D eigenvalue weighted by Gasteiger charge is 2.56. The molecule has 1 atom stereocenters. The van der Waals surface area contributed by atoms with Gasteiger partial charge in [0, 0.05) is 6.42 Å². The van der Waals surface area contributed by atoms with Gasteiger partial charge in [-0.2, -0.15) is 8.42 Å². The molecule has 0 saturated heterocycles. The molecular formula is C10H9Cl3O5S. The lowest BCUT2D eigenvalue weighted by atomic mass is 9.95. The summed E-state index contributed by atoms with van der Waals surface area (Å²) in [6, 6.07) is 6.82. The van der Waals surface area contributed by atoms with Gasteiger partial charge in [-0.05, 0) is 5.56 Å². The van der Waals surface area contributed by atoms with E-state index in [-0.39, 0.29) is 5.56 Å². The summed E-state index contributed by atoms with van der Waals surface area (Å²) in [7, 11) is -5.06. The lowest BCUT2D eigenvalue weighted by molar-refractivity contribution is -0.140. The van der Waals surface area contributed by atoms with E-state index in [2.05, 4.69) is 0 Å². The molecule has 0 aliphatic carbocycles. The summed E-state index contributed by atoms with van der Waals surface area (Å²) in [5.74, 6) is -1.83. The first kappa shape index (κ1) is 16.5. The highest BCUT2D eigenvalue weighted by Crippen LogP contribution is 2.44. The van der Waals surface area contributed by atoms with E-state index in [1.165, 1.54) is 24.3 Å². The Morgan fingerprint density at radius 2 is 1.63 bits per heavy atom. The maximum absolute atomic E-state index is 11.6. The molecule has 19 heavy (non-hydrogen) atoms. The van der Waals surface area contributed by atoms with Gasteiger partial charge in [-0.25, -0.2) is 0 Å². The topological polar surface area (TPSA) is 91.7 Å². The van der Waals surface area contributed by atoms with Crippen molar-refractivity contribution in [2.45, 2.75) is 15.0 Å². The smallest absolute Gasteiger partial charge is 0.332 e. The highest BCUT2D eigenvalue weighted by molar-refractivity contribution is 7.87. The molecule has 0 aliphatic rings. The van der Waals surface area contributed by atoms with Crippen LogP contribution in [0.25, 0.3) is 0 Å². The number of halogens is 3. The van der Waals surface area contributed by atoms with Gasteiger partial charge in [0.15, 0.2) is 3.79 Å².